The van der Waals surface area contributed by atoms with Gasteiger partial charge in [-0.05, 0) is 29.9 Å². The van der Waals surface area contributed by atoms with Gasteiger partial charge in [-0.25, -0.2) is 4.99 Å². The van der Waals surface area contributed by atoms with Gasteiger partial charge in [0.15, 0.2) is 0 Å². The summed E-state index contributed by atoms with van der Waals surface area (Å²) >= 11 is 1.56. The van der Waals surface area contributed by atoms with Gasteiger partial charge in [0.1, 0.15) is 0 Å². The molecule has 1 aliphatic heterocycles. The van der Waals surface area contributed by atoms with Crippen LogP contribution >= 0.6 is 11.8 Å². The highest BCUT2D eigenvalue weighted by Gasteiger charge is 2.07. The highest BCUT2D eigenvalue weighted by molar-refractivity contribution is 8.06. The van der Waals surface area contributed by atoms with Gasteiger partial charge in [0.2, 0.25) is 0 Å². The summed E-state index contributed by atoms with van der Waals surface area (Å²) in [7, 11) is 0. The maximum absolute atomic E-state index is 4.65. The fourth-order valence-corrected chi connectivity index (χ4v) is 2.68. The normalized spacial score (nSPS) is 20.9. The van der Waals surface area contributed by atoms with Gasteiger partial charge in [0.05, 0.1) is 22.3 Å². The third kappa shape index (κ3) is 2.68. The molecule has 1 aliphatic carbocycles. The largest absolute Gasteiger partial charge is 0.278 e. The molecule has 0 bridgehead atoms. The van der Waals surface area contributed by atoms with Gasteiger partial charge < -0.3 is 0 Å². The highest BCUT2D eigenvalue weighted by atomic mass is 32.2. The van der Waals surface area contributed by atoms with Crippen molar-refractivity contribution < 1.29 is 0 Å². The van der Waals surface area contributed by atoms with E-state index in [9.17, 15) is 0 Å². The molecule has 3 heteroatoms. The van der Waals surface area contributed by atoms with Crippen molar-refractivity contribution in [1.29, 1.82) is 0 Å². The highest BCUT2D eigenvalue weighted by Crippen LogP contribution is 2.30. The molecular weight excluding hydrogens is 252 g/mol. The van der Waals surface area contributed by atoms with Crippen molar-refractivity contribution in [2.75, 3.05) is 6.54 Å². The molecule has 2 aliphatic rings. The van der Waals surface area contributed by atoms with Crippen LogP contribution in [-0.2, 0) is 0 Å². The van der Waals surface area contributed by atoms with E-state index < -0.39 is 0 Å². The van der Waals surface area contributed by atoms with E-state index in [2.05, 4.69) is 28.4 Å². The quantitative estimate of drug-likeness (QED) is 0.661. The number of fused-ring (bicyclic) bond motifs is 1. The summed E-state index contributed by atoms with van der Waals surface area (Å²) in [6.45, 7) is 4.66. The van der Waals surface area contributed by atoms with Gasteiger partial charge in [-0.3, -0.25) is 4.99 Å². The van der Waals surface area contributed by atoms with Crippen LogP contribution in [0.15, 0.2) is 86.4 Å². The zero-order valence-electron chi connectivity index (χ0n) is 10.3. The molecule has 0 saturated carbocycles. The molecule has 3 rings (SSSR count). The minimum absolute atomic E-state index is 0.644. The average Bonchev–Trinajstić information content (AvgIpc) is 2.59. The molecule has 0 atom stereocenters. The van der Waals surface area contributed by atoms with E-state index in [1.54, 1.807) is 11.8 Å². The van der Waals surface area contributed by atoms with Crippen molar-refractivity contribution >= 4 is 11.8 Å². The number of para-hydroxylation sites is 2. The van der Waals surface area contributed by atoms with E-state index in [4.69, 9.17) is 0 Å². The first-order chi connectivity index (χ1) is 9.33. The molecule has 0 spiro atoms. The minimum atomic E-state index is 0.644. The predicted molar refractivity (Wildman–Crippen MR) is 79.2 cm³/mol. The Morgan fingerprint density at radius 3 is 2.95 bits per heavy atom. The molecule has 0 saturated heterocycles. The first kappa shape index (κ1) is 12.0. The second-order valence-electron chi connectivity index (χ2n) is 4.14. The summed E-state index contributed by atoms with van der Waals surface area (Å²) in [6.07, 6.45) is 7.92. The summed E-state index contributed by atoms with van der Waals surface area (Å²) < 4.78 is 0. The molecule has 92 valence electrons. The molecule has 0 N–H and O–H groups in total. The monoisotopic (exact) mass is 264 g/mol. The van der Waals surface area contributed by atoms with Crippen LogP contribution in [0, 0.1) is 0 Å². The predicted octanol–water partition coefficient (Wildman–Crippen LogP) is 2.68. The fourth-order valence-electron chi connectivity index (χ4n) is 1.89. The summed E-state index contributed by atoms with van der Waals surface area (Å²) in [5.74, 6) is 0. The lowest BCUT2D eigenvalue weighted by molar-refractivity contribution is 1.07. The Hall–Kier alpha value is -2.09. The van der Waals surface area contributed by atoms with Crippen molar-refractivity contribution in [3.63, 3.8) is 0 Å². The van der Waals surface area contributed by atoms with Crippen LogP contribution in [0.5, 0.6) is 0 Å². The van der Waals surface area contributed by atoms with E-state index in [1.807, 2.05) is 42.5 Å². The van der Waals surface area contributed by atoms with Gasteiger partial charge in [-0.2, -0.15) is 0 Å². The number of nitrogens with zero attached hydrogens (tertiary/aromatic N) is 2. The molecule has 19 heavy (non-hydrogen) atoms. The van der Waals surface area contributed by atoms with Crippen LogP contribution in [0.25, 0.3) is 0 Å². The van der Waals surface area contributed by atoms with Gasteiger partial charge in [0.25, 0.3) is 0 Å². The van der Waals surface area contributed by atoms with Gasteiger partial charge in [0, 0.05) is 4.91 Å². The van der Waals surface area contributed by atoms with Crippen molar-refractivity contribution in [1.82, 2.24) is 0 Å². The lowest BCUT2D eigenvalue weighted by Crippen LogP contribution is -2.24. The van der Waals surface area contributed by atoms with Crippen LogP contribution in [0.2, 0.25) is 0 Å². The van der Waals surface area contributed by atoms with Crippen molar-refractivity contribution in [3.8, 4) is 0 Å². The molecule has 0 fully saturated rings. The minimum Gasteiger partial charge on any atom is -0.278 e. The zero-order valence-corrected chi connectivity index (χ0v) is 11.2. The maximum atomic E-state index is 4.65. The lowest BCUT2D eigenvalue weighted by atomic mass is 10.2. The second kappa shape index (κ2) is 5.27. The summed E-state index contributed by atoms with van der Waals surface area (Å²) in [6, 6.07) is 7.89. The molecule has 2 nitrogen and oxygen atoms in total. The first-order valence-electron chi connectivity index (χ1n) is 6.00. The Bertz CT molecular complexity index is 775. The van der Waals surface area contributed by atoms with Crippen molar-refractivity contribution in [2.24, 2.45) is 9.98 Å². The van der Waals surface area contributed by atoms with Crippen LogP contribution < -0.4 is 10.7 Å². The maximum Gasteiger partial charge on any atom is 0.0944 e. The first-order valence-corrected chi connectivity index (χ1v) is 6.82. The van der Waals surface area contributed by atoms with E-state index >= 15 is 0 Å². The number of rotatable bonds is 0. The summed E-state index contributed by atoms with van der Waals surface area (Å²) in [4.78, 5) is 10.3. The standard InChI is InChI=1S/C16H12N2S/c1-12-18-15-9-6-5-8-14(15)17-11-13-7-3-2-4-10-16(13)19-12/h2-3,5-10H,1,11H2/b17-14-,18-15-. The Kier molecular flexibility index (Phi) is 3.32. The van der Waals surface area contributed by atoms with Gasteiger partial charge >= 0.3 is 0 Å². The third-order valence-electron chi connectivity index (χ3n) is 2.80. The number of allylic oxidation sites excluding steroid dienone is 2. The zero-order chi connectivity index (χ0) is 13.1. The molecule has 1 aromatic carbocycles. The van der Waals surface area contributed by atoms with Crippen LogP contribution in [0.1, 0.15) is 0 Å². The molecule has 0 unspecified atom stereocenters. The molecular formula is C16H12N2S. The molecule has 1 heterocycles. The number of hydrogen-bond donors (Lipinski definition) is 0. The van der Waals surface area contributed by atoms with Crippen LogP contribution in [-0.4, -0.2) is 6.54 Å². The van der Waals surface area contributed by atoms with Crippen LogP contribution in [0.4, 0.5) is 0 Å². The van der Waals surface area contributed by atoms with Crippen molar-refractivity contribution in [2.45, 2.75) is 0 Å². The Labute approximate surface area is 116 Å². The third-order valence-corrected chi connectivity index (χ3v) is 3.72. The van der Waals surface area contributed by atoms with Gasteiger partial charge in [-0.1, -0.05) is 42.6 Å². The van der Waals surface area contributed by atoms with E-state index in [1.165, 1.54) is 5.57 Å². The SMILES string of the molecule is C=C1/N=c2/cccc/c2=N/CC2=C(C=C=CC=C2)S1. The topological polar surface area (TPSA) is 24.7 Å². The van der Waals surface area contributed by atoms with Crippen LogP contribution in [0.3, 0.4) is 0 Å². The van der Waals surface area contributed by atoms with E-state index in [0.29, 0.717) is 6.54 Å². The molecule has 1 aromatic rings. The van der Waals surface area contributed by atoms with E-state index in [-0.39, 0.29) is 0 Å². The van der Waals surface area contributed by atoms with Crippen molar-refractivity contribution in [3.05, 3.63) is 87.1 Å². The Balaban J connectivity index is 2.18. The summed E-state index contributed by atoms with van der Waals surface area (Å²) in [5.41, 5.74) is 4.28. The number of thioether (sulfide) groups is 1. The van der Waals surface area contributed by atoms with Gasteiger partial charge in [-0.15, -0.1) is 5.73 Å². The molecule has 0 amide bonds. The Morgan fingerprint density at radius 2 is 2.05 bits per heavy atom. The summed E-state index contributed by atoms with van der Waals surface area (Å²) in [5, 5.41) is 2.55. The molecule has 0 radical (unpaired) electrons. The lowest BCUT2D eigenvalue weighted by Gasteiger charge is -2.04. The molecule has 0 aromatic heterocycles. The van der Waals surface area contributed by atoms with E-state index in [0.717, 1.165) is 20.6 Å². The smallest absolute Gasteiger partial charge is 0.0944 e. The average molecular weight is 264 g/mol. The number of benzene rings is 1. The Morgan fingerprint density at radius 1 is 1.21 bits per heavy atom. The second-order valence-corrected chi connectivity index (χ2v) is 5.25. The number of hydrogen-bond acceptors (Lipinski definition) is 3. The fraction of sp³-hybridized carbons (Fsp3) is 0.0625.